The summed E-state index contributed by atoms with van der Waals surface area (Å²) in [5.41, 5.74) is 8.75. The Morgan fingerprint density at radius 2 is 2.21 bits per heavy atom. The first-order valence-corrected chi connectivity index (χ1v) is 7.65. The van der Waals surface area contributed by atoms with E-state index < -0.39 is 0 Å². The second-order valence-electron chi connectivity index (χ2n) is 4.38. The zero-order valence-electron chi connectivity index (χ0n) is 10.7. The Hall–Kier alpha value is -1.66. The van der Waals surface area contributed by atoms with Gasteiger partial charge in [0.1, 0.15) is 5.01 Å². The van der Waals surface area contributed by atoms with E-state index in [1.165, 1.54) is 0 Å². The Morgan fingerprint density at radius 1 is 1.37 bits per heavy atom. The molecule has 1 unspecified atom stereocenters. The van der Waals surface area contributed by atoms with E-state index in [4.69, 9.17) is 5.73 Å². The molecule has 0 radical (unpaired) electrons. The molecular formula is C13H14N4S2. The number of anilines is 2. The summed E-state index contributed by atoms with van der Waals surface area (Å²) in [6, 6.07) is 4.13. The summed E-state index contributed by atoms with van der Waals surface area (Å²) in [5.74, 6) is 0. The number of benzene rings is 1. The molecule has 0 amide bonds. The molecule has 2 aromatic heterocycles. The van der Waals surface area contributed by atoms with Crippen LogP contribution < -0.4 is 11.1 Å². The van der Waals surface area contributed by atoms with Crippen LogP contribution >= 0.6 is 22.7 Å². The third-order valence-corrected chi connectivity index (χ3v) is 4.75. The minimum absolute atomic E-state index is 0.138. The van der Waals surface area contributed by atoms with Gasteiger partial charge in [-0.2, -0.15) is 0 Å². The number of hydrogen-bond acceptors (Lipinski definition) is 6. The Kier molecular flexibility index (Phi) is 3.12. The summed E-state index contributed by atoms with van der Waals surface area (Å²) in [5, 5.41) is 7.48. The van der Waals surface area contributed by atoms with Crippen LogP contribution in [0.25, 0.3) is 10.2 Å². The summed E-state index contributed by atoms with van der Waals surface area (Å²) in [6.07, 6.45) is 1.81. The molecule has 2 heterocycles. The van der Waals surface area contributed by atoms with E-state index in [2.05, 4.69) is 22.2 Å². The first-order valence-electron chi connectivity index (χ1n) is 5.96. The van der Waals surface area contributed by atoms with Gasteiger partial charge in [-0.25, -0.2) is 9.97 Å². The number of aryl methyl sites for hydroxylation is 1. The van der Waals surface area contributed by atoms with E-state index in [-0.39, 0.29) is 6.04 Å². The van der Waals surface area contributed by atoms with Gasteiger partial charge in [0.15, 0.2) is 0 Å². The van der Waals surface area contributed by atoms with Gasteiger partial charge in [0.05, 0.1) is 32.6 Å². The van der Waals surface area contributed by atoms with Crippen LogP contribution in [0.2, 0.25) is 0 Å². The van der Waals surface area contributed by atoms with Crippen LogP contribution in [0.5, 0.6) is 0 Å². The van der Waals surface area contributed by atoms with Crippen LogP contribution in [0.4, 0.5) is 11.4 Å². The zero-order chi connectivity index (χ0) is 13.4. The van der Waals surface area contributed by atoms with Crippen molar-refractivity contribution in [3.63, 3.8) is 0 Å². The average molecular weight is 290 g/mol. The normalized spacial score (nSPS) is 12.7. The van der Waals surface area contributed by atoms with Crippen molar-refractivity contribution in [2.45, 2.75) is 19.9 Å². The number of nitrogens with two attached hydrogens (primary N) is 1. The maximum Gasteiger partial charge on any atom is 0.115 e. The highest BCUT2D eigenvalue weighted by molar-refractivity contribution is 7.18. The fourth-order valence-corrected chi connectivity index (χ4v) is 3.48. The van der Waals surface area contributed by atoms with Crippen LogP contribution in [-0.4, -0.2) is 9.97 Å². The largest absolute Gasteiger partial charge is 0.397 e. The van der Waals surface area contributed by atoms with Crippen molar-refractivity contribution in [3.8, 4) is 0 Å². The van der Waals surface area contributed by atoms with Crippen LogP contribution in [0.3, 0.4) is 0 Å². The second-order valence-corrected chi connectivity index (χ2v) is 6.54. The molecule has 1 aromatic carbocycles. The van der Waals surface area contributed by atoms with Crippen LogP contribution in [0.15, 0.2) is 23.7 Å². The Morgan fingerprint density at radius 3 is 2.95 bits per heavy atom. The SMILES string of the molecule is Cc1nc2cc(NC(C)c3nccs3)c(N)cc2s1. The van der Waals surface area contributed by atoms with Gasteiger partial charge in [-0.1, -0.05) is 0 Å². The maximum atomic E-state index is 6.10. The van der Waals surface area contributed by atoms with Gasteiger partial charge in [-0.05, 0) is 26.0 Å². The van der Waals surface area contributed by atoms with Crippen molar-refractivity contribution >= 4 is 44.3 Å². The molecule has 0 saturated heterocycles. The van der Waals surface area contributed by atoms with Crippen molar-refractivity contribution in [2.24, 2.45) is 0 Å². The standard InChI is InChI=1S/C13H14N4S2/c1-7(13-15-3-4-18-13)16-10-6-11-12(5-9(10)14)19-8(2)17-11/h3-7,16H,14H2,1-2H3. The van der Waals surface area contributed by atoms with Gasteiger partial charge in [-0.15, -0.1) is 22.7 Å². The maximum absolute atomic E-state index is 6.10. The van der Waals surface area contributed by atoms with E-state index in [1.807, 2.05) is 30.6 Å². The topological polar surface area (TPSA) is 63.8 Å². The van der Waals surface area contributed by atoms with E-state index in [0.717, 1.165) is 31.6 Å². The average Bonchev–Trinajstić information content (AvgIpc) is 2.97. The molecule has 4 nitrogen and oxygen atoms in total. The Bertz CT molecular complexity index is 703. The molecule has 0 saturated carbocycles. The third kappa shape index (κ3) is 2.41. The van der Waals surface area contributed by atoms with E-state index >= 15 is 0 Å². The Labute approximate surface area is 119 Å². The number of thiazole rings is 2. The quantitative estimate of drug-likeness (QED) is 0.720. The van der Waals surface area contributed by atoms with Gasteiger partial charge in [0, 0.05) is 11.6 Å². The number of aromatic nitrogens is 2. The number of rotatable bonds is 3. The lowest BCUT2D eigenvalue weighted by Crippen LogP contribution is -2.07. The van der Waals surface area contributed by atoms with E-state index in [0.29, 0.717) is 0 Å². The van der Waals surface area contributed by atoms with Crippen molar-refractivity contribution < 1.29 is 0 Å². The van der Waals surface area contributed by atoms with Crippen molar-refractivity contribution in [1.29, 1.82) is 0 Å². The lowest BCUT2D eigenvalue weighted by Gasteiger charge is -2.14. The van der Waals surface area contributed by atoms with Crippen molar-refractivity contribution in [1.82, 2.24) is 9.97 Å². The minimum Gasteiger partial charge on any atom is -0.397 e. The first kappa shape index (κ1) is 12.4. The molecule has 0 fully saturated rings. The Balaban J connectivity index is 1.94. The number of fused-ring (bicyclic) bond motifs is 1. The van der Waals surface area contributed by atoms with Crippen molar-refractivity contribution in [2.75, 3.05) is 11.1 Å². The number of nitrogens with one attached hydrogen (secondary N) is 1. The highest BCUT2D eigenvalue weighted by atomic mass is 32.1. The molecule has 19 heavy (non-hydrogen) atoms. The summed E-state index contributed by atoms with van der Waals surface area (Å²) in [4.78, 5) is 8.80. The van der Waals surface area contributed by atoms with Gasteiger partial charge in [0.25, 0.3) is 0 Å². The fourth-order valence-electron chi connectivity index (χ4n) is 1.97. The number of hydrogen-bond donors (Lipinski definition) is 2. The molecule has 3 rings (SSSR count). The molecule has 3 N–H and O–H groups in total. The van der Waals surface area contributed by atoms with Crippen LogP contribution in [0, 0.1) is 6.92 Å². The summed E-state index contributed by atoms with van der Waals surface area (Å²) in [7, 11) is 0. The molecule has 0 aliphatic heterocycles. The molecule has 0 aliphatic carbocycles. The molecule has 6 heteroatoms. The smallest absolute Gasteiger partial charge is 0.115 e. The van der Waals surface area contributed by atoms with Gasteiger partial charge >= 0.3 is 0 Å². The highest BCUT2D eigenvalue weighted by Gasteiger charge is 2.11. The van der Waals surface area contributed by atoms with Gasteiger partial charge in [0.2, 0.25) is 0 Å². The van der Waals surface area contributed by atoms with E-state index in [1.54, 1.807) is 22.7 Å². The predicted molar refractivity (Wildman–Crippen MR) is 82.9 cm³/mol. The molecule has 98 valence electrons. The monoisotopic (exact) mass is 290 g/mol. The molecule has 0 bridgehead atoms. The number of nitrogens with zero attached hydrogens (tertiary/aromatic N) is 2. The molecule has 0 spiro atoms. The van der Waals surface area contributed by atoms with Crippen LogP contribution in [0.1, 0.15) is 23.0 Å². The highest BCUT2D eigenvalue weighted by Crippen LogP contribution is 2.32. The lowest BCUT2D eigenvalue weighted by molar-refractivity contribution is 0.871. The number of nitrogen functional groups attached to an aromatic ring is 1. The molecule has 1 atom stereocenters. The minimum atomic E-state index is 0.138. The zero-order valence-corrected chi connectivity index (χ0v) is 12.3. The molecule has 0 aliphatic rings. The summed E-state index contributed by atoms with van der Waals surface area (Å²) >= 11 is 3.30. The van der Waals surface area contributed by atoms with Crippen molar-refractivity contribution in [3.05, 3.63) is 33.7 Å². The third-order valence-electron chi connectivity index (χ3n) is 2.86. The summed E-state index contributed by atoms with van der Waals surface area (Å²) < 4.78 is 1.13. The fraction of sp³-hybridized carbons (Fsp3) is 0.231. The van der Waals surface area contributed by atoms with E-state index in [9.17, 15) is 0 Å². The second kappa shape index (κ2) is 4.79. The summed E-state index contributed by atoms with van der Waals surface area (Å²) in [6.45, 7) is 4.08. The lowest BCUT2D eigenvalue weighted by atomic mass is 10.2. The predicted octanol–water partition coefficient (Wildman–Crippen LogP) is 3.82. The van der Waals surface area contributed by atoms with Crippen LogP contribution in [-0.2, 0) is 0 Å². The molecular weight excluding hydrogens is 276 g/mol. The van der Waals surface area contributed by atoms with Gasteiger partial charge < -0.3 is 11.1 Å². The molecule has 3 aromatic rings. The van der Waals surface area contributed by atoms with Gasteiger partial charge in [-0.3, -0.25) is 0 Å². The first-order chi connectivity index (χ1) is 9.13.